The Kier molecular flexibility index (Phi) is 7.93. The second-order valence-electron chi connectivity index (χ2n) is 11.3. The molecule has 2 aliphatic heterocycles. The molecule has 0 radical (unpaired) electrons. The summed E-state index contributed by atoms with van der Waals surface area (Å²) in [7, 11) is 0. The largest absolute Gasteiger partial charge is 0.772 e. The second-order valence-corrected chi connectivity index (χ2v) is 12.2. The number of likely N-dealkylation sites (tertiary alicyclic amines) is 1. The summed E-state index contributed by atoms with van der Waals surface area (Å²) in [6.45, 7) is 10.7. The predicted molar refractivity (Wildman–Crippen MR) is 154 cm³/mol. The van der Waals surface area contributed by atoms with Crippen LogP contribution in [0.15, 0.2) is 45.9 Å². The Morgan fingerprint density at radius 3 is 2.70 bits per heavy atom. The lowest BCUT2D eigenvalue weighted by molar-refractivity contribution is 0.173. The van der Waals surface area contributed by atoms with Crippen LogP contribution < -0.4 is 0 Å². The van der Waals surface area contributed by atoms with Gasteiger partial charge in [-0.3, -0.25) is 14.1 Å². The number of allylic oxidation sites excluding steroid dienone is 4. The molecule has 0 spiro atoms. The number of aromatic amines is 1. The monoisotopic (exact) mass is 519 g/mol. The molecule has 1 aliphatic carbocycles. The van der Waals surface area contributed by atoms with Gasteiger partial charge < -0.3 is 9.54 Å². The third-order valence-electron chi connectivity index (χ3n) is 8.34. The maximum atomic E-state index is 11.1. The summed E-state index contributed by atoms with van der Waals surface area (Å²) < 4.78 is 22.3. The lowest BCUT2D eigenvalue weighted by Gasteiger charge is -2.36. The van der Waals surface area contributed by atoms with Crippen LogP contribution in [0.3, 0.4) is 0 Å². The molecule has 3 unspecified atom stereocenters. The molecule has 2 bridgehead atoms. The fourth-order valence-corrected chi connectivity index (χ4v) is 6.84. The maximum Gasteiger partial charge on any atom is 0.110 e. The predicted octanol–water partition coefficient (Wildman–Crippen LogP) is 6.10. The minimum atomic E-state index is -1.99. The molecule has 3 atom stereocenters. The fraction of sp³-hybridized carbons (Fsp3) is 0.533. The molecular formula is C30H39N4O2S-. The van der Waals surface area contributed by atoms with E-state index in [4.69, 9.17) is 0 Å². The highest BCUT2D eigenvalue weighted by molar-refractivity contribution is 7.79. The zero-order valence-electron chi connectivity index (χ0n) is 22.5. The average Bonchev–Trinajstić information content (AvgIpc) is 3.28. The van der Waals surface area contributed by atoms with Gasteiger partial charge in [0, 0.05) is 40.5 Å². The van der Waals surface area contributed by atoms with Crippen LogP contribution in [-0.4, -0.2) is 61.6 Å². The number of aromatic nitrogens is 1. The minimum Gasteiger partial charge on any atom is -0.772 e. The van der Waals surface area contributed by atoms with E-state index in [0.717, 1.165) is 50.9 Å². The first-order valence-electron chi connectivity index (χ1n) is 13.7. The van der Waals surface area contributed by atoms with Crippen molar-refractivity contribution in [2.75, 3.05) is 18.8 Å². The van der Waals surface area contributed by atoms with Crippen molar-refractivity contribution in [3.8, 4) is 0 Å². The van der Waals surface area contributed by atoms with Crippen molar-refractivity contribution in [3.63, 3.8) is 0 Å². The summed E-state index contributed by atoms with van der Waals surface area (Å²) >= 11 is -1.99. The van der Waals surface area contributed by atoms with E-state index in [9.17, 15) is 8.76 Å². The van der Waals surface area contributed by atoms with E-state index in [1.165, 1.54) is 38.9 Å². The van der Waals surface area contributed by atoms with Crippen LogP contribution in [0.4, 0.5) is 0 Å². The van der Waals surface area contributed by atoms with E-state index in [1.54, 1.807) is 6.34 Å². The molecule has 198 valence electrons. The number of benzene rings is 1. The molecule has 2 aromatic rings. The second kappa shape index (κ2) is 11.2. The van der Waals surface area contributed by atoms with E-state index >= 15 is 0 Å². The number of nitrogens with one attached hydrogen (secondary N) is 1. The highest BCUT2D eigenvalue weighted by Gasteiger charge is 2.25. The number of aliphatic imine (C=N–C) groups is 2. The number of nitrogens with zero attached hydrogens (tertiary/aromatic N) is 3. The van der Waals surface area contributed by atoms with Crippen molar-refractivity contribution in [1.29, 1.82) is 0 Å². The van der Waals surface area contributed by atoms with Crippen LogP contribution in [0.2, 0.25) is 0 Å². The van der Waals surface area contributed by atoms with Gasteiger partial charge in [-0.1, -0.05) is 37.1 Å². The van der Waals surface area contributed by atoms with E-state index < -0.39 is 11.1 Å². The zero-order valence-corrected chi connectivity index (χ0v) is 23.3. The Balaban J connectivity index is 1.44. The Hall–Kier alpha value is -2.35. The van der Waals surface area contributed by atoms with Crippen LogP contribution in [0.25, 0.3) is 16.5 Å². The minimum absolute atomic E-state index is 0.0799. The number of piperidine rings is 1. The molecule has 5 rings (SSSR count). The quantitative estimate of drug-likeness (QED) is 0.468. The molecule has 0 amide bonds. The van der Waals surface area contributed by atoms with Crippen LogP contribution in [0.1, 0.15) is 88.5 Å². The molecular weight excluding hydrogens is 480 g/mol. The first-order chi connectivity index (χ1) is 17.8. The fourth-order valence-electron chi connectivity index (χ4n) is 6.23. The Morgan fingerprint density at radius 1 is 1.19 bits per heavy atom. The van der Waals surface area contributed by atoms with E-state index in [0.29, 0.717) is 17.9 Å². The summed E-state index contributed by atoms with van der Waals surface area (Å²) in [6.07, 6.45) is 11.5. The van der Waals surface area contributed by atoms with Gasteiger partial charge in [0.25, 0.3) is 0 Å². The summed E-state index contributed by atoms with van der Waals surface area (Å²) in [5.74, 6) is 1.11. The van der Waals surface area contributed by atoms with Gasteiger partial charge in [-0.25, -0.2) is 4.99 Å². The third-order valence-corrected chi connectivity index (χ3v) is 9.10. The number of hydrogen-bond donors (Lipinski definition) is 1. The van der Waals surface area contributed by atoms with Gasteiger partial charge in [0.1, 0.15) is 6.34 Å². The smallest absolute Gasteiger partial charge is 0.110 e. The van der Waals surface area contributed by atoms with Gasteiger partial charge >= 0.3 is 0 Å². The van der Waals surface area contributed by atoms with E-state index in [2.05, 4.69) is 71.0 Å². The van der Waals surface area contributed by atoms with Gasteiger partial charge in [0.05, 0.1) is 6.04 Å². The Morgan fingerprint density at radius 2 is 1.97 bits per heavy atom. The summed E-state index contributed by atoms with van der Waals surface area (Å²) in [5.41, 5.74) is 8.84. The SMILES string of the molecule is C/C1=C/C(c2[nH]c3ccc(C4CCN(C(C)CS(=O)[O-])CC4)cc3c2C(C)C)=C\CCC2CC1=NC=N2. The standard InChI is InChI=1S/C30H40N4O2S/c1-19(2)29-26-15-23(22-10-12-34(13-11-22)21(4)17-37(35)36)8-9-27(26)33-30(29)24-6-5-7-25-16-28(20(3)14-24)32-18-31-25/h6,8-9,14-15,18-19,21-22,25,33H,5,7,10-13,16-17H2,1-4H3,(H,35,36)/p-1/b20-14-,24-6+. The number of fused-ring (bicyclic) bond motifs is 3. The van der Waals surface area contributed by atoms with Gasteiger partial charge in [-0.05, 0) is 105 Å². The van der Waals surface area contributed by atoms with Crippen molar-refractivity contribution in [2.24, 2.45) is 9.98 Å². The number of H-pyrrole nitrogens is 1. The molecule has 1 N–H and O–H groups in total. The van der Waals surface area contributed by atoms with Crippen molar-refractivity contribution >= 4 is 39.6 Å². The summed E-state index contributed by atoms with van der Waals surface area (Å²) in [6, 6.07) is 7.37. The number of rotatable bonds is 6. The van der Waals surface area contributed by atoms with Gasteiger partial charge in [0.2, 0.25) is 0 Å². The van der Waals surface area contributed by atoms with Crippen molar-refractivity contribution < 1.29 is 8.76 Å². The lowest BCUT2D eigenvalue weighted by atomic mass is 9.87. The van der Waals surface area contributed by atoms with Crippen LogP contribution in [0, 0.1) is 0 Å². The zero-order chi connectivity index (χ0) is 26.1. The Bertz CT molecular complexity index is 1290. The van der Waals surface area contributed by atoms with Crippen molar-refractivity contribution in [3.05, 3.63) is 52.7 Å². The highest BCUT2D eigenvalue weighted by atomic mass is 32.2. The molecule has 3 heterocycles. The van der Waals surface area contributed by atoms with Crippen molar-refractivity contribution in [2.45, 2.75) is 83.7 Å². The van der Waals surface area contributed by atoms with E-state index in [-0.39, 0.29) is 11.8 Å². The number of hydrogen-bond acceptors (Lipinski definition) is 5. The molecule has 37 heavy (non-hydrogen) atoms. The molecule has 1 aromatic heterocycles. The van der Waals surface area contributed by atoms with Crippen molar-refractivity contribution in [1.82, 2.24) is 9.88 Å². The first kappa shape index (κ1) is 26.3. The van der Waals surface area contributed by atoms with Crippen LogP contribution in [0.5, 0.6) is 0 Å². The molecule has 1 fully saturated rings. The van der Waals surface area contributed by atoms with Gasteiger partial charge in [0.15, 0.2) is 0 Å². The molecule has 1 saturated heterocycles. The third kappa shape index (κ3) is 5.74. The lowest BCUT2D eigenvalue weighted by Crippen LogP contribution is -2.42. The Labute approximate surface area is 223 Å². The molecule has 6 nitrogen and oxygen atoms in total. The normalized spacial score (nSPS) is 26.0. The van der Waals surface area contributed by atoms with Crippen LogP contribution >= 0.6 is 0 Å². The van der Waals surface area contributed by atoms with Gasteiger partial charge in [-0.15, -0.1) is 0 Å². The molecule has 0 saturated carbocycles. The summed E-state index contributed by atoms with van der Waals surface area (Å²) in [4.78, 5) is 15.3. The molecule has 1 aromatic carbocycles. The highest BCUT2D eigenvalue weighted by Crippen LogP contribution is 2.38. The topological polar surface area (TPSA) is 83.9 Å². The van der Waals surface area contributed by atoms with E-state index in [1.807, 2.05) is 6.92 Å². The average molecular weight is 520 g/mol. The molecule has 3 aliphatic rings. The van der Waals surface area contributed by atoms with Gasteiger partial charge in [-0.2, -0.15) is 0 Å². The first-order valence-corrected chi connectivity index (χ1v) is 15.0. The van der Waals surface area contributed by atoms with Crippen LogP contribution in [-0.2, 0) is 11.1 Å². The maximum absolute atomic E-state index is 11.1. The molecule has 7 heteroatoms. The summed E-state index contributed by atoms with van der Waals surface area (Å²) in [5, 5.41) is 1.33.